The van der Waals surface area contributed by atoms with Gasteiger partial charge in [0.05, 0.1) is 13.2 Å². The lowest BCUT2D eigenvalue weighted by Crippen LogP contribution is -2.55. The van der Waals surface area contributed by atoms with Gasteiger partial charge in [0, 0.05) is 12.6 Å². The van der Waals surface area contributed by atoms with Gasteiger partial charge in [-0.15, -0.1) is 0 Å². The standard InChI is InChI=1S/C15H28N2O3/c1-3-16-15(14(18)19)7-4-5-13(15)6-8-17-9-10-20-11-12(17)2/h12-13,16H,3-11H2,1-2H3,(H,18,19). The maximum Gasteiger partial charge on any atom is 0.324 e. The minimum Gasteiger partial charge on any atom is -0.480 e. The van der Waals surface area contributed by atoms with E-state index in [0.717, 1.165) is 58.5 Å². The van der Waals surface area contributed by atoms with E-state index in [2.05, 4.69) is 17.1 Å². The fraction of sp³-hybridized carbons (Fsp3) is 0.933. The van der Waals surface area contributed by atoms with Crippen molar-refractivity contribution in [2.45, 2.75) is 51.1 Å². The molecule has 3 unspecified atom stereocenters. The van der Waals surface area contributed by atoms with Gasteiger partial charge >= 0.3 is 5.97 Å². The number of nitrogens with one attached hydrogen (secondary N) is 1. The molecule has 0 aromatic carbocycles. The molecule has 1 aliphatic heterocycles. The van der Waals surface area contributed by atoms with Crippen molar-refractivity contribution in [3.63, 3.8) is 0 Å². The zero-order valence-electron chi connectivity index (χ0n) is 12.7. The Morgan fingerprint density at radius 2 is 2.35 bits per heavy atom. The van der Waals surface area contributed by atoms with Gasteiger partial charge < -0.3 is 15.2 Å². The van der Waals surface area contributed by atoms with E-state index >= 15 is 0 Å². The van der Waals surface area contributed by atoms with Gasteiger partial charge in [-0.2, -0.15) is 0 Å². The minimum absolute atomic E-state index is 0.245. The molecule has 0 amide bonds. The van der Waals surface area contributed by atoms with E-state index < -0.39 is 11.5 Å². The second kappa shape index (κ2) is 6.87. The lowest BCUT2D eigenvalue weighted by molar-refractivity contribution is -0.146. The lowest BCUT2D eigenvalue weighted by atomic mass is 9.84. The predicted molar refractivity (Wildman–Crippen MR) is 77.9 cm³/mol. The van der Waals surface area contributed by atoms with Gasteiger partial charge in [-0.25, -0.2) is 0 Å². The summed E-state index contributed by atoms with van der Waals surface area (Å²) in [4.78, 5) is 14.2. The first kappa shape index (κ1) is 15.7. The van der Waals surface area contributed by atoms with Crippen molar-refractivity contribution >= 4 is 5.97 Å². The maximum absolute atomic E-state index is 11.7. The van der Waals surface area contributed by atoms with Crippen molar-refractivity contribution in [1.29, 1.82) is 0 Å². The Labute approximate surface area is 121 Å². The minimum atomic E-state index is -0.690. The second-order valence-corrected chi connectivity index (χ2v) is 6.14. The molecule has 1 saturated carbocycles. The molecule has 3 atom stereocenters. The lowest BCUT2D eigenvalue weighted by Gasteiger charge is -2.37. The van der Waals surface area contributed by atoms with Crippen molar-refractivity contribution in [3.8, 4) is 0 Å². The quantitative estimate of drug-likeness (QED) is 0.770. The van der Waals surface area contributed by atoms with Crippen LogP contribution in [0.3, 0.4) is 0 Å². The Kier molecular flexibility index (Phi) is 5.41. The zero-order valence-corrected chi connectivity index (χ0v) is 12.7. The van der Waals surface area contributed by atoms with Crippen LogP contribution in [0, 0.1) is 5.92 Å². The third-order valence-electron chi connectivity index (χ3n) is 4.96. The van der Waals surface area contributed by atoms with E-state index in [9.17, 15) is 9.90 Å². The first-order valence-electron chi connectivity index (χ1n) is 7.90. The number of aliphatic carboxylic acids is 1. The average Bonchev–Trinajstić information content (AvgIpc) is 2.82. The Morgan fingerprint density at radius 1 is 1.55 bits per heavy atom. The Morgan fingerprint density at radius 3 is 3.00 bits per heavy atom. The summed E-state index contributed by atoms with van der Waals surface area (Å²) in [7, 11) is 0. The Hall–Kier alpha value is -0.650. The molecule has 1 aliphatic carbocycles. The molecule has 0 aromatic rings. The van der Waals surface area contributed by atoms with E-state index in [4.69, 9.17) is 4.74 Å². The molecular formula is C15H28N2O3. The van der Waals surface area contributed by atoms with Crippen LogP contribution in [0.5, 0.6) is 0 Å². The highest BCUT2D eigenvalue weighted by molar-refractivity contribution is 5.79. The SMILES string of the molecule is CCNC1(C(=O)O)CCCC1CCN1CCOCC1C. The van der Waals surface area contributed by atoms with E-state index in [0.29, 0.717) is 6.04 Å². The van der Waals surface area contributed by atoms with Gasteiger partial charge in [-0.3, -0.25) is 9.69 Å². The number of ether oxygens (including phenoxy) is 1. The molecule has 1 saturated heterocycles. The van der Waals surface area contributed by atoms with Crippen molar-refractivity contribution < 1.29 is 14.6 Å². The van der Waals surface area contributed by atoms with Crippen molar-refractivity contribution in [2.75, 3.05) is 32.8 Å². The molecule has 2 aliphatic rings. The van der Waals surface area contributed by atoms with Gasteiger partial charge in [-0.1, -0.05) is 13.3 Å². The van der Waals surface area contributed by atoms with Gasteiger partial charge in [-0.05, 0) is 45.2 Å². The van der Waals surface area contributed by atoms with Crippen LogP contribution in [0.25, 0.3) is 0 Å². The third-order valence-corrected chi connectivity index (χ3v) is 4.96. The van der Waals surface area contributed by atoms with Crippen LogP contribution in [-0.2, 0) is 9.53 Å². The number of nitrogens with zero attached hydrogens (tertiary/aromatic N) is 1. The monoisotopic (exact) mass is 284 g/mol. The fourth-order valence-corrected chi connectivity index (χ4v) is 3.79. The molecule has 5 heteroatoms. The normalized spacial score (nSPS) is 35.3. The molecular weight excluding hydrogens is 256 g/mol. The van der Waals surface area contributed by atoms with Crippen molar-refractivity contribution in [3.05, 3.63) is 0 Å². The molecule has 2 N–H and O–H groups in total. The smallest absolute Gasteiger partial charge is 0.324 e. The number of carboxylic acid groups (broad SMARTS) is 1. The maximum atomic E-state index is 11.7. The third kappa shape index (κ3) is 3.15. The summed E-state index contributed by atoms with van der Waals surface area (Å²) >= 11 is 0. The van der Waals surface area contributed by atoms with Crippen molar-refractivity contribution in [2.24, 2.45) is 5.92 Å². The van der Waals surface area contributed by atoms with Gasteiger partial charge in [0.2, 0.25) is 0 Å². The molecule has 2 fully saturated rings. The number of hydrogen-bond acceptors (Lipinski definition) is 4. The van der Waals surface area contributed by atoms with Crippen LogP contribution in [0.15, 0.2) is 0 Å². The summed E-state index contributed by atoms with van der Waals surface area (Å²) in [5, 5.41) is 12.9. The number of likely N-dealkylation sites (N-methyl/N-ethyl adjacent to an activating group) is 1. The summed E-state index contributed by atoms with van der Waals surface area (Å²) in [6.07, 6.45) is 3.77. The molecule has 0 radical (unpaired) electrons. The first-order valence-corrected chi connectivity index (χ1v) is 7.90. The number of rotatable bonds is 6. The highest BCUT2D eigenvalue weighted by atomic mass is 16.5. The Balaban J connectivity index is 1.94. The van der Waals surface area contributed by atoms with Crippen LogP contribution in [0.1, 0.15) is 39.5 Å². The molecule has 5 nitrogen and oxygen atoms in total. The van der Waals surface area contributed by atoms with E-state index in [1.54, 1.807) is 0 Å². The zero-order chi connectivity index (χ0) is 14.6. The first-order chi connectivity index (χ1) is 9.60. The second-order valence-electron chi connectivity index (χ2n) is 6.14. The van der Waals surface area contributed by atoms with Crippen LogP contribution < -0.4 is 5.32 Å². The summed E-state index contributed by atoms with van der Waals surface area (Å²) in [5.41, 5.74) is -0.690. The molecule has 2 rings (SSSR count). The van der Waals surface area contributed by atoms with Crippen LogP contribution in [0.4, 0.5) is 0 Å². The molecule has 0 bridgehead atoms. The summed E-state index contributed by atoms with van der Waals surface area (Å²) in [6, 6.07) is 0.448. The van der Waals surface area contributed by atoms with Gasteiger partial charge in [0.1, 0.15) is 5.54 Å². The molecule has 0 aromatic heterocycles. The predicted octanol–water partition coefficient (Wildman–Crippen LogP) is 1.33. The van der Waals surface area contributed by atoms with E-state index in [-0.39, 0.29) is 5.92 Å². The number of morpholine rings is 1. The molecule has 1 heterocycles. The number of carboxylic acids is 1. The Bertz CT molecular complexity index is 337. The summed E-state index contributed by atoms with van der Waals surface area (Å²) in [6.45, 7) is 8.43. The fourth-order valence-electron chi connectivity index (χ4n) is 3.79. The summed E-state index contributed by atoms with van der Waals surface area (Å²) < 4.78 is 5.45. The topological polar surface area (TPSA) is 61.8 Å². The number of hydrogen-bond donors (Lipinski definition) is 2. The number of carbonyl (C=O) groups is 1. The molecule has 20 heavy (non-hydrogen) atoms. The average molecular weight is 284 g/mol. The highest BCUT2D eigenvalue weighted by Gasteiger charge is 2.48. The molecule has 0 spiro atoms. The van der Waals surface area contributed by atoms with Gasteiger partial charge in [0.15, 0.2) is 0 Å². The van der Waals surface area contributed by atoms with Crippen molar-refractivity contribution in [1.82, 2.24) is 10.2 Å². The van der Waals surface area contributed by atoms with Crippen LogP contribution >= 0.6 is 0 Å². The van der Waals surface area contributed by atoms with E-state index in [1.165, 1.54) is 0 Å². The van der Waals surface area contributed by atoms with Crippen LogP contribution in [-0.4, -0.2) is 60.4 Å². The highest BCUT2D eigenvalue weighted by Crippen LogP contribution is 2.38. The van der Waals surface area contributed by atoms with Crippen LogP contribution in [0.2, 0.25) is 0 Å². The largest absolute Gasteiger partial charge is 0.480 e. The van der Waals surface area contributed by atoms with E-state index in [1.807, 2.05) is 6.92 Å². The molecule has 116 valence electrons. The summed E-state index contributed by atoms with van der Waals surface area (Å²) in [5.74, 6) is -0.424. The van der Waals surface area contributed by atoms with Gasteiger partial charge in [0.25, 0.3) is 0 Å².